The monoisotopic (exact) mass is 350 g/mol. The van der Waals surface area contributed by atoms with Gasteiger partial charge in [0.2, 0.25) is 0 Å². The maximum absolute atomic E-state index is 6.26. The number of anilines is 1. The molecule has 23 heavy (non-hydrogen) atoms. The topological polar surface area (TPSA) is 55.0 Å². The maximum atomic E-state index is 6.26. The largest absolute Gasteiger partial charge is 0.383 e. The molecule has 2 aromatic heterocycles. The standard InChI is InChI=1S/C17H26N4S2/c1-3-4-5-6-7-10-22-17-19-15(18)14-12-8-9-21(2)11-13(12)23-16(14)20-17/h3-11H2,1-2H3,(H2,18,19,20). The molecule has 0 saturated carbocycles. The van der Waals surface area contributed by atoms with Gasteiger partial charge >= 0.3 is 0 Å². The van der Waals surface area contributed by atoms with Crippen LogP contribution in [0, 0.1) is 0 Å². The minimum atomic E-state index is 0.672. The first-order valence-corrected chi connectivity index (χ1v) is 10.4. The van der Waals surface area contributed by atoms with Gasteiger partial charge in [0.15, 0.2) is 5.16 Å². The molecule has 0 atom stereocenters. The summed E-state index contributed by atoms with van der Waals surface area (Å²) in [6.07, 6.45) is 7.57. The Labute approximate surface area is 146 Å². The van der Waals surface area contributed by atoms with Crippen molar-refractivity contribution in [3.8, 4) is 0 Å². The van der Waals surface area contributed by atoms with Gasteiger partial charge in [-0.15, -0.1) is 11.3 Å². The van der Waals surface area contributed by atoms with Crippen molar-refractivity contribution < 1.29 is 0 Å². The summed E-state index contributed by atoms with van der Waals surface area (Å²) >= 11 is 3.54. The van der Waals surface area contributed by atoms with E-state index in [0.29, 0.717) is 5.82 Å². The zero-order valence-electron chi connectivity index (χ0n) is 14.1. The smallest absolute Gasteiger partial charge is 0.190 e. The average Bonchev–Trinajstić information content (AvgIpc) is 2.88. The van der Waals surface area contributed by atoms with Gasteiger partial charge in [0, 0.05) is 23.7 Å². The Kier molecular flexibility index (Phi) is 5.77. The average molecular weight is 351 g/mol. The molecule has 1 aliphatic rings. The van der Waals surface area contributed by atoms with Crippen molar-refractivity contribution >= 4 is 39.1 Å². The third-order valence-electron chi connectivity index (χ3n) is 4.38. The second kappa shape index (κ2) is 7.81. The number of nitrogens with two attached hydrogens (primary N) is 1. The van der Waals surface area contributed by atoms with E-state index in [1.54, 1.807) is 23.1 Å². The van der Waals surface area contributed by atoms with Gasteiger partial charge in [-0.2, -0.15) is 0 Å². The second-order valence-corrected chi connectivity index (χ2v) is 8.47. The number of thiophene rings is 1. The summed E-state index contributed by atoms with van der Waals surface area (Å²) in [5.74, 6) is 1.76. The fourth-order valence-corrected chi connectivity index (χ4v) is 5.28. The summed E-state index contributed by atoms with van der Waals surface area (Å²) in [6.45, 7) is 4.35. The third kappa shape index (κ3) is 3.98. The van der Waals surface area contributed by atoms with E-state index in [9.17, 15) is 0 Å². The van der Waals surface area contributed by atoms with Crippen LogP contribution in [0.1, 0.15) is 49.5 Å². The Hall–Kier alpha value is -0.850. The molecule has 2 N–H and O–H groups in total. The highest BCUT2D eigenvalue weighted by atomic mass is 32.2. The van der Waals surface area contributed by atoms with E-state index < -0.39 is 0 Å². The SMILES string of the molecule is CCCCCCCSc1nc(N)c2c3c(sc2n1)CN(C)CC3. The predicted molar refractivity (Wildman–Crippen MR) is 101 cm³/mol. The molecule has 0 fully saturated rings. The van der Waals surface area contributed by atoms with Gasteiger partial charge < -0.3 is 10.6 Å². The molecule has 6 heteroatoms. The highest BCUT2D eigenvalue weighted by Crippen LogP contribution is 2.37. The molecule has 1 aliphatic heterocycles. The lowest BCUT2D eigenvalue weighted by atomic mass is 10.1. The first kappa shape index (κ1) is 17.0. The van der Waals surface area contributed by atoms with Gasteiger partial charge in [-0.05, 0) is 25.5 Å². The second-order valence-electron chi connectivity index (χ2n) is 6.33. The van der Waals surface area contributed by atoms with Crippen LogP contribution in [0.5, 0.6) is 0 Å². The Morgan fingerprint density at radius 2 is 2.04 bits per heavy atom. The lowest BCUT2D eigenvalue weighted by Crippen LogP contribution is -2.25. The molecular weight excluding hydrogens is 324 g/mol. The minimum absolute atomic E-state index is 0.672. The van der Waals surface area contributed by atoms with E-state index in [4.69, 9.17) is 10.7 Å². The van der Waals surface area contributed by atoms with Crippen LogP contribution < -0.4 is 5.73 Å². The van der Waals surface area contributed by atoms with E-state index in [0.717, 1.165) is 40.6 Å². The minimum Gasteiger partial charge on any atom is -0.383 e. The van der Waals surface area contributed by atoms with Crippen molar-refractivity contribution in [2.45, 2.75) is 57.1 Å². The molecule has 0 amide bonds. The van der Waals surface area contributed by atoms with Crippen molar-refractivity contribution in [1.82, 2.24) is 14.9 Å². The fraction of sp³-hybridized carbons (Fsp3) is 0.647. The molecule has 0 unspecified atom stereocenters. The van der Waals surface area contributed by atoms with Gasteiger partial charge in [-0.3, -0.25) is 0 Å². The summed E-state index contributed by atoms with van der Waals surface area (Å²) in [5, 5.41) is 1.96. The summed E-state index contributed by atoms with van der Waals surface area (Å²) in [5.41, 5.74) is 7.64. The summed E-state index contributed by atoms with van der Waals surface area (Å²) < 4.78 is 0. The van der Waals surface area contributed by atoms with E-state index in [1.165, 1.54) is 42.5 Å². The van der Waals surface area contributed by atoms with Crippen LogP contribution in [0.4, 0.5) is 5.82 Å². The number of hydrogen-bond donors (Lipinski definition) is 1. The van der Waals surface area contributed by atoms with Crippen LogP contribution in [0.15, 0.2) is 5.16 Å². The normalized spacial score (nSPS) is 15.2. The number of hydrogen-bond acceptors (Lipinski definition) is 6. The first-order valence-electron chi connectivity index (χ1n) is 8.58. The van der Waals surface area contributed by atoms with Crippen LogP contribution in [-0.4, -0.2) is 34.2 Å². The van der Waals surface area contributed by atoms with Gasteiger partial charge in [0.1, 0.15) is 10.6 Å². The van der Waals surface area contributed by atoms with Crippen LogP contribution in [0.3, 0.4) is 0 Å². The van der Waals surface area contributed by atoms with Gasteiger partial charge in [0.05, 0.1) is 5.39 Å². The molecule has 0 aromatic carbocycles. The van der Waals surface area contributed by atoms with Crippen molar-refractivity contribution in [2.24, 2.45) is 0 Å². The number of nitrogens with zero attached hydrogens (tertiary/aromatic N) is 3. The Morgan fingerprint density at radius 1 is 1.22 bits per heavy atom. The Morgan fingerprint density at radius 3 is 2.87 bits per heavy atom. The highest BCUT2D eigenvalue weighted by molar-refractivity contribution is 7.99. The molecular formula is C17H26N4S2. The lowest BCUT2D eigenvalue weighted by Gasteiger charge is -2.22. The molecule has 2 aromatic rings. The summed E-state index contributed by atoms with van der Waals surface area (Å²) in [4.78, 5) is 14.2. The van der Waals surface area contributed by atoms with Crippen molar-refractivity contribution in [2.75, 3.05) is 25.1 Å². The maximum Gasteiger partial charge on any atom is 0.190 e. The molecule has 0 radical (unpaired) electrons. The quantitative estimate of drug-likeness (QED) is 0.458. The zero-order chi connectivity index (χ0) is 16.2. The lowest BCUT2D eigenvalue weighted by molar-refractivity contribution is 0.318. The van der Waals surface area contributed by atoms with E-state index in [-0.39, 0.29) is 0 Å². The summed E-state index contributed by atoms with van der Waals surface area (Å²) in [6, 6.07) is 0. The van der Waals surface area contributed by atoms with Gasteiger partial charge in [-0.25, -0.2) is 9.97 Å². The first-order chi connectivity index (χ1) is 11.2. The highest BCUT2D eigenvalue weighted by Gasteiger charge is 2.22. The predicted octanol–water partition coefficient (Wildman–Crippen LogP) is 4.32. The van der Waals surface area contributed by atoms with E-state index in [1.807, 2.05) is 0 Å². The number of thioether (sulfide) groups is 1. The Balaban J connectivity index is 1.69. The fourth-order valence-electron chi connectivity index (χ4n) is 3.06. The van der Waals surface area contributed by atoms with Crippen molar-refractivity contribution in [3.63, 3.8) is 0 Å². The van der Waals surface area contributed by atoms with Gasteiger partial charge in [-0.1, -0.05) is 44.4 Å². The van der Waals surface area contributed by atoms with Crippen LogP contribution in [-0.2, 0) is 13.0 Å². The van der Waals surface area contributed by atoms with Crippen molar-refractivity contribution in [1.29, 1.82) is 0 Å². The molecule has 3 heterocycles. The number of aromatic nitrogens is 2. The molecule has 0 saturated heterocycles. The van der Waals surface area contributed by atoms with E-state index >= 15 is 0 Å². The molecule has 0 spiro atoms. The molecule has 3 rings (SSSR count). The summed E-state index contributed by atoms with van der Waals surface area (Å²) in [7, 11) is 2.17. The van der Waals surface area contributed by atoms with Crippen LogP contribution >= 0.6 is 23.1 Å². The zero-order valence-corrected chi connectivity index (χ0v) is 15.7. The molecule has 4 nitrogen and oxygen atoms in total. The molecule has 0 aliphatic carbocycles. The Bertz CT molecular complexity index is 668. The number of likely N-dealkylation sites (N-methyl/N-ethyl adjacent to an activating group) is 1. The number of rotatable bonds is 7. The van der Waals surface area contributed by atoms with Crippen molar-refractivity contribution in [3.05, 3.63) is 10.4 Å². The number of fused-ring (bicyclic) bond motifs is 3. The molecule has 0 bridgehead atoms. The van der Waals surface area contributed by atoms with Gasteiger partial charge in [0.25, 0.3) is 0 Å². The molecule has 126 valence electrons. The third-order valence-corrected chi connectivity index (χ3v) is 6.42. The number of nitrogen functional groups attached to an aromatic ring is 1. The van der Waals surface area contributed by atoms with Crippen LogP contribution in [0.25, 0.3) is 10.2 Å². The number of unbranched alkanes of at least 4 members (excludes halogenated alkanes) is 4. The van der Waals surface area contributed by atoms with Crippen LogP contribution in [0.2, 0.25) is 0 Å². The van der Waals surface area contributed by atoms with E-state index in [2.05, 4.69) is 23.9 Å².